The Labute approximate surface area is 113 Å². The average molecular weight is 268 g/mol. The molecule has 0 amide bonds. The first kappa shape index (κ1) is 14.4. The molecule has 0 heterocycles. The number of hydrogen-bond donors (Lipinski definition) is 1. The molecule has 1 nitrogen and oxygen atoms in total. The van der Waals surface area contributed by atoms with Crippen LogP contribution in [0.15, 0.2) is 18.2 Å². The molecular weight excluding hydrogens is 246 g/mol. The fourth-order valence-electron chi connectivity index (χ4n) is 3.52. The SMILES string of the molecule is CC1CC(C)CC(C(C)(O)c2cccc(F)c2F)C1. The number of rotatable bonds is 2. The van der Waals surface area contributed by atoms with Crippen LogP contribution in [0.25, 0.3) is 0 Å². The van der Waals surface area contributed by atoms with E-state index in [0.29, 0.717) is 11.8 Å². The lowest BCUT2D eigenvalue weighted by atomic mass is 9.68. The maximum absolute atomic E-state index is 13.9. The van der Waals surface area contributed by atoms with E-state index in [1.54, 1.807) is 6.92 Å². The second kappa shape index (κ2) is 5.20. The maximum atomic E-state index is 13.9. The topological polar surface area (TPSA) is 20.2 Å². The molecule has 1 aromatic rings. The van der Waals surface area contributed by atoms with Gasteiger partial charge in [-0.25, -0.2) is 8.78 Å². The van der Waals surface area contributed by atoms with Crippen LogP contribution in [0.1, 0.15) is 45.6 Å². The smallest absolute Gasteiger partial charge is 0.164 e. The first-order valence-corrected chi connectivity index (χ1v) is 6.99. The Morgan fingerprint density at radius 1 is 1.11 bits per heavy atom. The van der Waals surface area contributed by atoms with Gasteiger partial charge < -0.3 is 5.11 Å². The van der Waals surface area contributed by atoms with E-state index < -0.39 is 17.2 Å². The Bertz CT molecular complexity index is 446. The lowest BCUT2D eigenvalue weighted by Gasteiger charge is -2.40. The van der Waals surface area contributed by atoms with Gasteiger partial charge in [0.1, 0.15) is 0 Å². The van der Waals surface area contributed by atoms with Crippen molar-refractivity contribution in [1.29, 1.82) is 0 Å². The molecule has 1 fully saturated rings. The molecule has 106 valence electrons. The maximum Gasteiger partial charge on any atom is 0.164 e. The first-order chi connectivity index (χ1) is 8.82. The molecule has 0 saturated heterocycles. The van der Waals surface area contributed by atoms with Gasteiger partial charge in [-0.15, -0.1) is 0 Å². The second-order valence-corrected chi connectivity index (χ2v) is 6.36. The van der Waals surface area contributed by atoms with Crippen LogP contribution >= 0.6 is 0 Å². The fourth-order valence-corrected chi connectivity index (χ4v) is 3.52. The van der Waals surface area contributed by atoms with E-state index in [9.17, 15) is 13.9 Å². The Balaban J connectivity index is 2.33. The van der Waals surface area contributed by atoms with Gasteiger partial charge in [-0.05, 0) is 50.0 Å². The van der Waals surface area contributed by atoms with Gasteiger partial charge in [-0.1, -0.05) is 26.0 Å². The van der Waals surface area contributed by atoms with Gasteiger partial charge >= 0.3 is 0 Å². The molecule has 1 aliphatic rings. The first-order valence-electron chi connectivity index (χ1n) is 6.99. The molecule has 3 heteroatoms. The van der Waals surface area contributed by atoms with Crippen LogP contribution < -0.4 is 0 Å². The summed E-state index contributed by atoms with van der Waals surface area (Å²) >= 11 is 0. The van der Waals surface area contributed by atoms with E-state index >= 15 is 0 Å². The van der Waals surface area contributed by atoms with Crippen LogP contribution in [0.4, 0.5) is 8.78 Å². The van der Waals surface area contributed by atoms with Gasteiger partial charge in [0.15, 0.2) is 11.6 Å². The minimum absolute atomic E-state index is 0.0254. The van der Waals surface area contributed by atoms with Crippen LogP contribution in [-0.2, 0) is 5.60 Å². The van der Waals surface area contributed by atoms with Crippen LogP contribution in [-0.4, -0.2) is 5.11 Å². The van der Waals surface area contributed by atoms with Crippen molar-refractivity contribution in [1.82, 2.24) is 0 Å². The van der Waals surface area contributed by atoms with Crippen molar-refractivity contribution in [2.75, 3.05) is 0 Å². The molecule has 1 aliphatic carbocycles. The van der Waals surface area contributed by atoms with Crippen molar-refractivity contribution in [3.63, 3.8) is 0 Å². The normalized spacial score (nSPS) is 30.9. The molecule has 3 unspecified atom stereocenters. The summed E-state index contributed by atoms with van der Waals surface area (Å²) in [5.41, 5.74) is -1.23. The molecule has 19 heavy (non-hydrogen) atoms. The third-order valence-electron chi connectivity index (χ3n) is 4.47. The van der Waals surface area contributed by atoms with Crippen LogP contribution in [0.2, 0.25) is 0 Å². The summed E-state index contributed by atoms with van der Waals surface area (Å²) in [6.45, 7) is 5.92. The van der Waals surface area contributed by atoms with Crippen molar-refractivity contribution in [2.24, 2.45) is 17.8 Å². The van der Waals surface area contributed by atoms with Gasteiger partial charge in [0.2, 0.25) is 0 Å². The lowest BCUT2D eigenvalue weighted by molar-refractivity contribution is -0.0415. The van der Waals surface area contributed by atoms with E-state index in [1.165, 1.54) is 12.1 Å². The average Bonchev–Trinajstić information content (AvgIpc) is 2.31. The Morgan fingerprint density at radius 3 is 2.26 bits per heavy atom. The molecule has 3 atom stereocenters. The minimum Gasteiger partial charge on any atom is -0.385 e. The summed E-state index contributed by atoms with van der Waals surface area (Å²) in [7, 11) is 0. The highest BCUT2D eigenvalue weighted by Crippen LogP contribution is 2.43. The van der Waals surface area contributed by atoms with E-state index in [-0.39, 0.29) is 11.5 Å². The third kappa shape index (κ3) is 2.81. The van der Waals surface area contributed by atoms with Crippen molar-refractivity contribution in [2.45, 2.75) is 45.6 Å². The highest BCUT2D eigenvalue weighted by molar-refractivity contribution is 5.25. The molecule has 0 bridgehead atoms. The highest BCUT2D eigenvalue weighted by Gasteiger charge is 2.40. The Hall–Kier alpha value is -0.960. The Kier molecular flexibility index (Phi) is 3.95. The zero-order chi connectivity index (χ0) is 14.2. The zero-order valence-corrected chi connectivity index (χ0v) is 11.8. The molecular formula is C16H22F2O. The predicted molar refractivity (Wildman–Crippen MR) is 71.6 cm³/mol. The summed E-state index contributed by atoms with van der Waals surface area (Å²) in [5, 5.41) is 10.7. The number of halogens is 2. The molecule has 1 saturated carbocycles. The largest absolute Gasteiger partial charge is 0.385 e. The number of hydrogen-bond acceptors (Lipinski definition) is 1. The summed E-state index contributed by atoms with van der Waals surface area (Å²) < 4.78 is 27.3. The molecule has 0 aliphatic heterocycles. The van der Waals surface area contributed by atoms with Gasteiger partial charge in [-0.2, -0.15) is 0 Å². The van der Waals surface area contributed by atoms with Crippen LogP contribution in [0.3, 0.4) is 0 Å². The molecule has 1 aromatic carbocycles. The van der Waals surface area contributed by atoms with E-state index in [1.807, 2.05) is 0 Å². The quantitative estimate of drug-likeness (QED) is 0.850. The van der Waals surface area contributed by atoms with Gasteiger partial charge in [0.25, 0.3) is 0 Å². The van der Waals surface area contributed by atoms with Crippen LogP contribution in [0.5, 0.6) is 0 Å². The van der Waals surface area contributed by atoms with Gasteiger partial charge in [-0.3, -0.25) is 0 Å². The van der Waals surface area contributed by atoms with Gasteiger partial charge in [0, 0.05) is 5.56 Å². The summed E-state index contributed by atoms with van der Waals surface area (Å²) in [4.78, 5) is 0. The zero-order valence-electron chi connectivity index (χ0n) is 11.8. The van der Waals surface area contributed by atoms with Crippen molar-refractivity contribution < 1.29 is 13.9 Å². The van der Waals surface area contributed by atoms with E-state index in [4.69, 9.17) is 0 Å². The van der Waals surface area contributed by atoms with Crippen LogP contribution in [0, 0.1) is 29.4 Å². The monoisotopic (exact) mass is 268 g/mol. The molecule has 0 aromatic heterocycles. The Morgan fingerprint density at radius 2 is 1.68 bits per heavy atom. The van der Waals surface area contributed by atoms with Crippen molar-refractivity contribution in [3.8, 4) is 0 Å². The predicted octanol–water partition coefficient (Wildman–Crippen LogP) is 4.24. The van der Waals surface area contributed by atoms with Gasteiger partial charge in [0.05, 0.1) is 5.60 Å². The molecule has 1 N–H and O–H groups in total. The third-order valence-corrected chi connectivity index (χ3v) is 4.47. The van der Waals surface area contributed by atoms with E-state index in [2.05, 4.69) is 13.8 Å². The molecule has 0 spiro atoms. The second-order valence-electron chi connectivity index (χ2n) is 6.36. The number of aliphatic hydroxyl groups is 1. The van der Waals surface area contributed by atoms with Crippen molar-refractivity contribution in [3.05, 3.63) is 35.4 Å². The number of benzene rings is 1. The molecule has 2 rings (SSSR count). The summed E-state index contributed by atoms with van der Waals surface area (Å²) in [6.07, 6.45) is 2.85. The summed E-state index contributed by atoms with van der Waals surface area (Å²) in [6, 6.07) is 4.03. The highest BCUT2D eigenvalue weighted by atomic mass is 19.2. The van der Waals surface area contributed by atoms with Crippen molar-refractivity contribution >= 4 is 0 Å². The fraction of sp³-hybridized carbons (Fsp3) is 0.625. The lowest BCUT2D eigenvalue weighted by Crippen LogP contribution is -2.37. The van der Waals surface area contributed by atoms with E-state index in [0.717, 1.165) is 25.3 Å². The standard InChI is InChI=1S/C16H22F2O/c1-10-7-11(2)9-12(8-10)16(3,19)13-5-4-6-14(17)15(13)18/h4-6,10-12,19H,7-9H2,1-3H3. The summed E-state index contributed by atoms with van der Waals surface area (Å²) in [5.74, 6) is -0.815. The molecule has 0 radical (unpaired) electrons. The minimum atomic E-state index is -1.31.